The lowest BCUT2D eigenvalue weighted by Gasteiger charge is -2.14. The van der Waals surface area contributed by atoms with Crippen molar-refractivity contribution in [2.75, 3.05) is 10.6 Å². The summed E-state index contributed by atoms with van der Waals surface area (Å²) >= 11 is 0. The van der Waals surface area contributed by atoms with Crippen LogP contribution >= 0.6 is 0 Å². The van der Waals surface area contributed by atoms with Gasteiger partial charge >= 0.3 is 0 Å². The van der Waals surface area contributed by atoms with Gasteiger partial charge in [0.15, 0.2) is 11.6 Å². The first-order chi connectivity index (χ1) is 13.7. The standard InChI is InChI=1S/C22H20N4O2/c27-13-15-5-3-7-17(11-15)23-21-22(24-18-8-4-6-16(12-18)14-28)26-20-10-2-1-9-19(20)25-21/h1-12,27-28H,13-14H2,(H,23,25)(H,24,26). The monoisotopic (exact) mass is 372 g/mol. The third-order valence-electron chi connectivity index (χ3n) is 4.32. The maximum atomic E-state index is 9.38. The molecule has 0 radical (unpaired) electrons. The predicted octanol–water partition coefficient (Wildman–Crippen LogP) is 4.10. The molecule has 0 aliphatic rings. The highest BCUT2D eigenvalue weighted by atomic mass is 16.3. The molecule has 4 rings (SSSR count). The molecule has 0 atom stereocenters. The summed E-state index contributed by atoms with van der Waals surface area (Å²) in [4.78, 5) is 9.43. The van der Waals surface area contributed by atoms with Crippen LogP contribution in [0.15, 0.2) is 72.8 Å². The number of para-hydroxylation sites is 2. The van der Waals surface area contributed by atoms with Gasteiger partial charge in [0.05, 0.1) is 24.2 Å². The van der Waals surface area contributed by atoms with Crippen molar-refractivity contribution in [3.8, 4) is 0 Å². The Morgan fingerprint density at radius 2 is 1.07 bits per heavy atom. The minimum atomic E-state index is -0.0298. The molecule has 0 saturated carbocycles. The van der Waals surface area contributed by atoms with E-state index in [4.69, 9.17) is 9.97 Å². The first-order valence-corrected chi connectivity index (χ1v) is 8.95. The van der Waals surface area contributed by atoms with E-state index >= 15 is 0 Å². The third kappa shape index (κ3) is 3.93. The maximum Gasteiger partial charge on any atom is 0.174 e. The van der Waals surface area contributed by atoms with Gasteiger partial charge in [-0.05, 0) is 47.5 Å². The van der Waals surface area contributed by atoms with Crippen molar-refractivity contribution in [2.24, 2.45) is 0 Å². The normalized spacial score (nSPS) is 10.8. The summed E-state index contributed by atoms with van der Waals surface area (Å²) in [7, 11) is 0. The van der Waals surface area contributed by atoms with Crippen LogP contribution in [0.5, 0.6) is 0 Å². The smallest absolute Gasteiger partial charge is 0.174 e. The molecule has 0 spiro atoms. The number of benzene rings is 3. The molecular weight excluding hydrogens is 352 g/mol. The van der Waals surface area contributed by atoms with E-state index in [0.29, 0.717) is 11.6 Å². The summed E-state index contributed by atoms with van der Waals surface area (Å²) in [5, 5.41) is 25.3. The highest BCUT2D eigenvalue weighted by molar-refractivity contribution is 5.83. The zero-order chi connectivity index (χ0) is 19.3. The number of fused-ring (bicyclic) bond motifs is 1. The van der Waals surface area contributed by atoms with Gasteiger partial charge in [0.25, 0.3) is 0 Å². The van der Waals surface area contributed by atoms with Crippen molar-refractivity contribution in [3.05, 3.63) is 83.9 Å². The highest BCUT2D eigenvalue weighted by Gasteiger charge is 2.10. The number of hydrogen-bond acceptors (Lipinski definition) is 6. The van der Waals surface area contributed by atoms with Crippen LogP contribution in [-0.2, 0) is 13.2 Å². The van der Waals surface area contributed by atoms with Gasteiger partial charge in [0, 0.05) is 11.4 Å². The number of hydrogen-bond donors (Lipinski definition) is 4. The van der Waals surface area contributed by atoms with E-state index < -0.39 is 0 Å². The Morgan fingerprint density at radius 1 is 0.607 bits per heavy atom. The van der Waals surface area contributed by atoms with Gasteiger partial charge in [-0.3, -0.25) is 0 Å². The number of nitrogens with one attached hydrogen (secondary N) is 2. The number of rotatable bonds is 6. The molecule has 3 aromatic carbocycles. The van der Waals surface area contributed by atoms with Crippen molar-refractivity contribution in [1.29, 1.82) is 0 Å². The fourth-order valence-corrected chi connectivity index (χ4v) is 2.94. The molecule has 6 heteroatoms. The van der Waals surface area contributed by atoms with Crippen LogP contribution in [0.4, 0.5) is 23.0 Å². The first kappa shape index (κ1) is 17.9. The van der Waals surface area contributed by atoms with Gasteiger partial charge in [0.1, 0.15) is 0 Å². The second-order valence-corrected chi connectivity index (χ2v) is 6.38. The van der Waals surface area contributed by atoms with Crippen molar-refractivity contribution in [1.82, 2.24) is 9.97 Å². The number of nitrogens with zero attached hydrogens (tertiary/aromatic N) is 2. The Balaban J connectivity index is 1.75. The molecule has 4 aromatic rings. The maximum absolute atomic E-state index is 9.38. The molecular formula is C22H20N4O2. The fraction of sp³-hybridized carbons (Fsp3) is 0.0909. The van der Waals surface area contributed by atoms with Crippen molar-refractivity contribution in [2.45, 2.75) is 13.2 Å². The minimum absolute atomic E-state index is 0.0298. The average molecular weight is 372 g/mol. The number of aromatic nitrogens is 2. The summed E-state index contributed by atoms with van der Waals surface area (Å²) in [6, 6.07) is 22.7. The zero-order valence-corrected chi connectivity index (χ0v) is 15.1. The van der Waals surface area contributed by atoms with Gasteiger partial charge in [-0.15, -0.1) is 0 Å². The summed E-state index contributed by atoms with van der Waals surface area (Å²) in [5.74, 6) is 1.14. The summed E-state index contributed by atoms with van der Waals surface area (Å²) < 4.78 is 0. The Bertz CT molecular complexity index is 1030. The molecule has 0 aliphatic heterocycles. The molecule has 0 saturated heterocycles. The molecule has 28 heavy (non-hydrogen) atoms. The highest BCUT2D eigenvalue weighted by Crippen LogP contribution is 2.28. The van der Waals surface area contributed by atoms with Crippen LogP contribution in [0.2, 0.25) is 0 Å². The SMILES string of the molecule is OCc1cccc(Nc2nc3ccccc3nc2Nc2cccc(CO)c2)c1. The lowest BCUT2D eigenvalue weighted by Crippen LogP contribution is -2.04. The van der Waals surface area contributed by atoms with Crippen LogP contribution in [-0.4, -0.2) is 20.2 Å². The van der Waals surface area contributed by atoms with E-state index in [9.17, 15) is 10.2 Å². The summed E-state index contributed by atoms with van der Waals surface area (Å²) in [6.45, 7) is -0.0596. The van der Waals surface area contributed by atoms with E-state index in [0.717, 1.165) is 33.5 Å². The molecule has 0 unspecified atom stereocenters. The van der Waals surface area contributed by atoms with Gasteiger partial charge in [-0.2, -0.15) is 0 Å². The quantitative estimate of drug-likeness (QED) is 0.407. The van der Waals surface area contributed by atoms with Crippen LogP contribution in [0, 0.1) is 0 Å². The molecule has 140 valence electrons. The van der Waals surface area contributed by atoms with E-state index in [-0.39, 0.29) is 13.2 Å². The summed E-state index contributed by atoms with van der Waals surface area (Å²) in [5.41, 5.74) is 4.79. The molecule has 6 nitrogen and oxygen atoms in total. The second kappa shape index (κ2) is 8.04. The first-order valence-electron chi connectivity index (χ1n) is 8.95. The number of aliphatic hydroxyl groups excluding tert-OH is 2. The number of anilines is 4. The molecule has 0 fully saturated rings. The van der Waals surface area contributed by atoms with Gasteiger partial charge < -0.3 is 20.8 Å². The third-order valence-corrected chi connectivity index (χ3v) is 4.32. The lowest BCUT2D eigenvalue weighted by molar-refractivity contribution is 0.281. The Morgan fingerprint density at radius 3 is 1.50 bits per heavy atom. The van der Waals surface area contributed by atoms with Gasteiger partial charge in [0.2, 0.25) is 0 Å². The van der Waals surface area contributed by atoms with E-state index in [2.05, 4.69) is 10.6 Å². The zero-order valence-electron chi connectivity index (χ0n) is 15.1. The van der Waals surface area contributed by atoms with Crippen LogP contribution < -0.4 is 10.6 Å². The van der Waals surface area contributed by atoms with E-state index in [1.54, 1.807) is 0 Å². The Kier molecular flexibility index (Phi) is 5.14. The largest absolute Gasteiger partial charge is 0.392 e. The lowest BCUT2D eigenvalue weighted by atomic mass is 10.2. The topological polar surface area (TPSA) is 90.3 Å². The molecule has 0 aliphatic carbocycles. The predicted molar refractivity (Wildman–Crippen MR) is 111 cm³/mol. The minimum Gasteiger partial charge on any atom is -0.392 e. The fourth-order valence-electron chi connectivity index (χ4n) is 2.94. The van der Waals surface area contributed by atoms with Crippen molar-refractivity contribution >= 4 is 34.0 Å². The molecule has 0 amide bonds. The van der Waals surface area contributed by atoms with Crippen LogP contribution in [0.3, 0.4) is 0 Å². The molecule has 0 bridgehead atoms. The van der Waals surface area contributed by atoms with Gasteiger partial charge in [-0.25, -0.2) is 9.97 Å². The van der Waals surface area contributed by atoms with E-state index in [1.807, 2.05) is 72.8 Å². The molecule has 1 aromatic heterocycles. The number of aliphatic hydroxyl groups is 2. The van der Waals surface area contributed by atoms with Gasteiger partial charge in [-0.1, -0.05) is 36.4 Å². The average Bonchev–Trinajstić information content (AvgIpc) is 2.74. The van der Waals surface area contributed by atoms with Crippen molar-refractivity contribution in [3.63, 3.8) is 0 Å². The van der Waals surface area contributed by atoms with Crippen LogP contribution in [0.1, 0.15) is 11.1 Å². The van der Waals surface area contributed by atoms with Crippen molar-refractivity contribution < 1.29 is 10.2 Å². The Hall–Kier alpha value is -3.48. The molecule has 1 heterocycles. The Labute approximate surface area is 162 Å². The van der Waals surface area contributed by atoms with E-state index in [1.165, 1.54) is 0 Å². The summed E-state index contributed by atoms with van der Waals surface area (Å²) in [6.07, 6.45) is 0. The van der Waals surface area contributed by atoms with Crippen LogP contribution in [0.25, 0.3) is 11.0 Å². The molecule has 4 N–H and O–H groups in total. The second-order valence-electron chi connectivity index (χ2n) is 6.38.